The van der Waals surface area contributed by atoms with E-state index in [1.54, 1.807) is 0 Å². The number of ether oxygens (including phenoxy) is 3. The van der Waals surface area contributed by atoms with E-state index in [2.05, 4.69) is 29.8 Å². The topological polar surface area (TPSA) is 124 Å². The minimum Gasteiger partial charge on any atom is -0.379 e. The summed E-state index contributed by atoms with van der Waals surface area (Å²) in [5.41, 5.74) is 5.38. The predicted octanol–water partition coefficient (Wildman–Crippen LogP) is 1.55. The Kier molecular flexibility index (Phi) is 16.2. The van der Waals surface area contributed by atoms with E-state index in [0.29, 0.717) is 65.1 Å². The van der Waals surface area contributed by atoms with Gasteiger partial charge in [-0.1, -0.05) is 20.3 Å². The third-order valence-corrected chi connectivity index (χ3v) is 5.44. The predicted molar refractivity (Wildman–Crippen MR) is 121 cm³/mol. The first-order chi connectivity index (χ1) is 15.1. The number of hydrogen-bond acceptors (Lipinski definition) is 6. The van der Waals surface area contributed by atoms with Gasteiger partial charge in [0.1, 0.15) is 0 Å². The fourth-order valence-electron chi connectivity index (χ4n) is 3.60. The monoisotopic (exact) mass is 444 g/mol. The van der Waals surface area contributed by atoms with Gasteiger partial charge in [-0.25, -0.2) is 4.79 Å². The van der Waals surface area contributed by atoms with Gasteiger partial charge in [0.15, 0.2) is 0 Å². The van der Waals surface area contributed by atoms with E-state index in [-0.39, 0.29) is 24.0 Å². The van der Waals surface area contributed by atoms with Crippen LogP contribution in [-0.2, 0) is 19.0 Å². The molecule has 1 heterocycles. The summed E-state index contributed by atoms with van der Waals surface area (Å²) in [6.45, 7) is 9.05. The minimum absolute atomic E-state index is 0.0664. The van der Waals surface area contributed by atoms with E-state index in [4.69, 9.17) is 19.9 Å². The van der Waals surface area contributed by atoms with Crippen molar-refractivity contribution in [3.8, 4) is 0 Å². The highest BCUT2D eigenvalue weighted by atomic mass is 16.5. The smallest absolute Gasteiger partial charge is 0.315 e. The molecule has 0 spiro atoms. The minimum atomic E-state index is -0.0664. The number of urea groups is 1. The molecule has 5 N–H and O–H groups in total. The molecule has 3 atom stereocenters. The molecule has 31 heavy (non-hydrogen) atoms. The van der Waals surface area contributed by atoms with Crippen LogP contribution >= 0.6 is 0 Å². The maximum absolute atomic E-state index is 11.9. The number of nitrogens with two attached hydrogens (primary N) is 1. The molecule has 9 heteroatoms. The van der Waals surface area contributed by atoms with Crippen LogP contribution in [0.3, 0.4) is 0 Å². The van der Waals surface area contributed by atoms with E-state index < -0.39 is 0 Å². The molecule has 0 aliphatic carbocycles. The second-order valence-electron chi connectivity index (χ2n) is 8.06. The first kappa shape index (κ1) is 27.6. The Morgan fingerprint density at radius 3 is 2.29 bits per heavy atom. The molecule has 0 aromatic carbocycles. The maximum Gasteiger partial charge on any atom is 0.315 e. The number of rotatable bonds is 20. The molecule has 9 nitrogen and oxygen atoms in total. The van der Waals surface area contributed by atoms with Crippen LogP contribution in [0.25, 0.3) is 0 Å². The number of unbranched alkanes of at least 4 members (excludes halogenated alkanes) is 1. The molecule has 0 saturated carbocycles. The standard InChI is InChI=1S/C22H44N4O5/c1-3-19-21(26-22(28)25-19)18(2)8-4-5-9-20(27)24-11-7-13-30-15-17-31-16-14-29-12-6-10-23/h18-19,21H,3-17,23H2,1-2H3,(H,24,27)(H2,25,26,28). The highest BCUT2D eigenvalue weighted by Gasteiger charge is 2.33. The van der Waals surface area contributed by atoms with Gasteiger partial charge >= 0.3 is 6.03 Å². The first-order valence-electron chi connectivity index (χ1n) is 11.9. The van der Waals surface area contributed by atoms with Crippen molar-refractivity contribution in [2.75, 3.05) is 52.7 Å². The highest BCUT2D eigenvalue weighted by molar-refractivity contribution is 5.77. The molecule has 3 unspecified atom stereocenters. The van der Waals surface area contributed by atoms with Crippen LogP contribution in [0.1, 0.15) is 58.8 Å². The Hall–Kier alpha value is -1.42. The van der Waals surface area contributed by atoms with Crippen molar-refractivity contribution in [3.63, 3.8) is 0 Å². The molecular formula is C22H44N4O5. The summed E-state index contributed by atoms with van der Waals surface area (Å²) in [5.74, 6) is 0.490. The van der Waals surface area contributed by atoms with Gasteiger partial charge in [0, 0.05) is 26.2 Å². The molecule has 182 valence electrons. The molecule has 0 aromatic heterocycles. The fraction of sp³-hybridized carbons (Fsp3) is 0.909. The lowest BCUT2D eigenvalue weighted by Crippen LogP contribution is -2.38. The van der Waals surface area contributed by atoms with Gasteiger partial charge < -0.3 is 35.9 Å². The molecule has 0 bridgehead atoms. The fourth-order valence-corrected chi connectivity index (χ4v) is 3.60. The quantitative estimate of drug-likeness (QED) is 0.211. The van der Waals surface area contributed by atoms with Crippen molar-refractivity contribution in [2.45, 2.75) is 70.9 Å². The highest BCUT2D eigenvalue weighted by Crippen LogP contribution is 2.20. The molecule has 1 fully saturated rings. The van der Waals surface area contributed by atoms with Crippen LogP contribution in [0, 0.1) is 5.92 Å². The summed E-state index contributed by atoms with van der Waals surface area (Å²) < 4.78 is 16.2. The maximum atomic E-state index is 11.9. The van der Waals surface area contributed by atoms with Gasteiger partial charge in [-0.05, 0) is 44.6 Å². The van der Waals surface area contributed by atoms with Gasteiger partial charge in [-0.3, -0.25) is 4.79 Å². The van der Waals surface area contributed by atoms with E-state index >= 15 is 0 Å². The van der Waals surface area contributed by atoms with Crippen molar-refractivity contribution in [1.82, 2.24) is 16.0 Å². The molecule has 1 rings (SSSR count). The largest absolute Gasteiger partial charge is 0.379 e. The van der Waals surface area contributed by atoms with Crippen LogP contribution in [-0.4, -0.2) is 76.8 Å². The Balaban J connectivity index is 1.87. The summed E-state index contributed by atoms with van der Waals surface area (Å²) in [6.07, 6.45) is 5.99. The SMILES string of the molecule is CCC1NC(=O)NC1C(C)CCCCC(=O)NCCCOCCOCCOCCCN. The number of nitrogens with one attached hydrogen (secondary N) is 3. The molecule has 3 amide bonds. The number of amides is 3. The van der Waals surface area contributed by atoms with Gasteiger partial charge in [0.05, 0.1) is 38.5 Å². The average Bonchev–Trinajstić information content (AvgIpc) is 3.15. The number of carbonyl (C=O) groups is 2. The van der Waals surface area contributed by atoms with E-state index in [1.807, 2.05) is 0 Å². The van der Waals surface area contributed by atoms with Crippen LogP contribution in [0.15, 0.2) is 0 Å². The van der Waals surface area contributed by atoms with Crippen molar-refractivity contribution in [1.29, 1.82) is 0 Å². The molecule has 1 aliphatic rings. The number of carbonyl (C=O) groups excluding carboxylic acids is 2. The molecule has 0 radical (unpaired) electrons. The van der Waals surface area contributed by atoms with Crippen LogP contribution in [0.2, 0.25) is 0 Å². The third kappa shape index (κ3) is 13.6. The Morgan fingerprint density at radius 2 is 1.65 bits per heavy atom. The van der Waals surface area contributed by atoms with Crippen molar-refractivity contribution in [3.05, 3.63) is 0 Å². The summed E-state index contributed by atoms with van der Waals surface area (Å²) in [7, 11) is 0. The second kappa shape index (κ2) is 18.2. The Morgan fingerprint density at radius 1 is 1.00 bits per heavy atom. The molecule has 1 aliphatic heterocycles. The van der Waals surface area contributed by atoms with Gasteiger partial charge in [0.25, 0.3) is 0 Å². The van der Waals surface area contributed by atoms with Gasteiger partial charge in [0.2, 0.25) is 5.91 Å². The zero-order chi connectivity index (χ0) is 22.7. The Bertz CT molecular complexity index is 481. The van der Waals surface area contributed by atoms with Gasteiger partial charge in [-0.15, -0.1) is 0 Å². The average molecular weight is 445 g/mol. The summed E-state index contributed by atoms with van der Waals surface area (Å²) >= 11 is 0. The van der Waals surface area contributed by atoms with E-state index in [0.717, 1.165) is 38.5 Å². The van der Waals surface area contributed by atoms with Crippen molar-refractivity contribution in [2.24, 2.45) is 11.7 Å². The van der Waals surface area contributed by atoms with Crippen molar-refractivity contribution < 1.29 is 23.8 Å². The van der Waals surface area contributed by atoms with Crippen LogP contribution in [0.5, 0.6) is 0 Å². The summed E-state index contributed by atoms with van der Waals surface area (Å²) in [4.78, 5) is 23.4. The Labute approximate surface area is 187 Å². The normalized spacial score (nSPS) is 19.1. The van der Waals surface area contributed by atoms with Crippen LogP contribution in [0.4, 0.5) is 4.79 Å². The first-order valence-corrected chi connectivity index (χ1v) is 11.9. The molecule has 0 aromatic rings. The van der Waals surface area contributed by atoms with E-state index in [9.17, 15) is 9.59 Å². The van der Waals surface area contributed by atoms with Crippen LogP contribution < -0.4 is 21.7 Å². The zero-order valence-electron chi connectivity index (χ0n) is 19.5. The number of hydrogen-bond donors (Lipinski definition) is 4. The zero-order valence-corrected chi connectivity index (χ0v) is 19.5. The van der Waals surface area contributed by atoms with Crippen molar-refractivity contribution >= 4 is 11.9 Å². The van der Waals surface area contributed by atoms with E-state index in [1.165, 1.54) is 0 Å². The lowest BCUT2D eigenvalue weighted by Gasteiger charge is -2.23. The summed E-state index contributed by atoms with van der Waals surface area (Å²) in [5, 5.41) is 8.92. The molecular weight excluding hydrogens is 400 g/mol. The summed E-state index contributed by atoms with van der Waals surface area (Å²) in [6, 6.07) is 0.328. The second-order valence-corrected chi connectivity index (χ2v) is 8.06. The lowest BCUT2D eigenvalue weighted by atomic mass is 9.90. The third-order valence-electron chi connectivity index (χ3n) is 5.44. The van der Waals surface area contributed by atoms with Gasteiger partial charge in [-0.2, -0.15) is 0 Å². The molecule has 1 saturated heterocycles. The lowest BCUT2D eigenvalue weighted by molar-refractivity contribution is -0.121.